The lowest BCUT2D eigenvalue weighted by Crippen LogP contribution is -2.37. The van der Waals surface area contributed by atoms with Gasteiger partial charge in [0.2, 0.25) is 11.4 Å². The molecule has 0 bridgehead atoms. The topological polar surface area (TPSA) is 7.76 Å². The Hall–Kier alpha value is -4.04. The van der Waals surface area contributed by atoms with Gasteiger partial charge in [-0.15, -0.1) is 0 Å². The Kier molecular flexibility index (Phi) is 6.31. The molecule has 0 aliphatic rings. The van der Waals surface area contributed by atoms with Gasteiger partial charge in [-0.1, -0.05) is 60.7 Å². The predicted molar refractivity (Wildman–Crippen MR) is 139 cm³/mol. The average molecular weight is 443 g/mol. The van der Waals surface area contributed by atoms with E-state index in [4.69, 9.17) is 0 Å². The van der Waals surface area contributed by atoms with Gasteiger partial charge in [-0.05, 0) is 53.4 Å². The van der Waals surface area contributed by atoms with Crippen LogP contribution < -0.4 is 9.13 Å². The molecule has 0 aliphatic carbocycles. The van der Waals surface area contributed by atoms with Crippen molar-refractivity contribution in [2.45, 2.75) is 19.9 Å². The van der Waals surface area contributed by atoms with Gasteiger partial charge in [-0.25, -0.2) is 4.57 Å². The van der Waals surface area contributed by atoms with E-state index in [0.29, 0.717) is 0 Å². The van der Waals surface area contributed by atoms with Crippen LogP contribution in [0.15, 0.2) is 122 Å². The highest BCUT2D eigenvalue weighted by Crippen LogP contribution is 2.28. The van der Waals surface area contributed by atoms with E-state index < -0.39 is 0 Å². The van der Waals surface area contributed by atoms with E-state index in [9.17, 15) is 0 Å². The molecule has 34 heavy (non-hydrogen) atoms. The maximum atomic E-state index is 2.39. The molecule has 5 aromatic rings. The molecule has 0 fully saturated rings. The van der Waals surface area contributed by atoms with E-state index in [2.05, 4.69) is 145 Å². The third-order valence-electron chi connectivity index (χ3n) is 6.53. The number of nitrogens with zero attached hydrogens (tertiary/aromatic N) is 2. The molecule has 0 N–H and O–H groups in total. The second-order valence-corrected chi connectivity index (χ2v) is 8.78. The van der Waals surface area contributed by atoms with Crippen molar-refractivity contribution >= 4 is 0 Å². The van der Waals surface area contributed by atoms with Crippen LogP contribution in [0.2, 0.25) is 0 Å². The second-order valence-electron chi connectivity index (χ2n) is 8.78. The van der Waals surface area contributed by atoms with Crippen LogP contribution in [0.25, 0.3) is 33.6 Å². The van der Waals surface area contributed by atoms with Gasteiger partial charge in [0, 0.05) is 41.8 Å². The Morgan fingerprint density at radius 1 is 0.588 bits per heavy atom. The van der Waals surface area contributed by atoms with Crippen LogP contribution in [0.4, 0.5) is 0 Å². The monoisotopic (exact) mass is 442 g/mol. The Morgan fingerprint density at radius 2 is 1.29 bits per heavy atom. The van der Waals surface area contributed by atoms with Gasteiger partial charge in [0.1, 0.15) is 7.05 Å². The van der Waals surface area contributed by atoms with Crippen LogP contribution in [0.1, 0.15) is 11.1 Å². The summed E-state index contributed by atoms with van der Waals surface area (Å²) in [5.74, 6) is 0. The van der Waals surface area contributed by atoms with Crippen molar-refractivity contribution in [2.24, 2.45) is 7.05 Å². The van der Waals surface area contributed by atoms with E-state index in [1.807, 2.05) is 0 Å². The van der Waals surface area contributed by atoms with E-state index in [0.717, 1.165) is 13.0 Å². The van der Waals surface area contributed by atoms with E-state index in [1.165, 1.54) is 44.8 Å². The van der Waals surface area contributed by atoms with Gasteiger partial charge in [-0.3, -0.25) is 0 Å². The molecule has 0 saturated heterocycles. The minimum absolute atomic E-state index is 0.915. The molecular formula is C32H30N2+2. The van der Waals surface area contributed by atoms with Crippen molar-refractivity contribution < 1.29 is 9.13 Å². The highest BCUT2D eigenvalue weighted by Gasteiger charge is 2.18. The smallest absolute Gasteiger partial charge is 0.201 e. The third-order valence-corrected chi connectivity index (χ3v) is 6.53. The fourth-order valence-corrected chi connectivity index (χ4v) is 4.66. The Balaban J connectivity index is 1.48. The Labute approximate surface area is 202 Å². The maximum absolute atomic E-state index is 2.39. The van der Waals surface area contributed by atoms with Crippen molar-refractivity contribution in [1.29, 1.82) is 0 Å². The van der Waals surface area contributed by atoms with Crippen molar-refractivity contribution in [3.05, 3.63) is 133 Å². The predicted octanol–water partition coefficient (Wildman–Crippen LogP) is 6.35. The number of benzene rings is 3. The van der Waals surface area contributed by atoms with Gasteiger partial charge in [0.05, 0.1) is 0 Å². The fourth-order valence-electron chi connectivity index (χ4n) is 4.66. The molecule has 0 atom stereocenters. The molecule has 3 aromatic carbocycles. The van der Waals surface area contributed by atoms with Crippen LogP contribution in [0, 0.1) is 6.92 Å². The maximum Gasteiger partial charge on any atom is 0.212 e. The molecule has 2 nitrogen and oxygen atoms in total. The largest absolute Gasteiger partial charge is 0.212 e. The SMILES string of the molecule is Cc1ccc(-c2ccccc2)cc1-c1cccc[n+]1CCc1ccccc1-c1cccc[n+]1C. The first-order valence-electron chi connectivity index (χ1n) is 11.9. The molecule has 5 rings (SSSR count). The highest BCUT2D eigenvalue weighted by molar-refractivity contribution is 5.72. The summed E-state index contributed by atoms with van der Waals surface area (Å²) < 4.78 is 4.58. The molecule has 2 aromatic heterocycles. The lowest BCUT2D eigenvalue weighted by molar-refractivity contribution is -0.685. The molecule has 0 amide bonds. The highest BCUT2D eigenvalue weighted by atomic mass is 15.0. The molecule has 0 spiro atoms. The molecule has 0 saturated carbocycles. The second kappa shape index (κ2) is 9.84. The summed E-state index contributed by atoms with van der Waals surface area (Å²) in [5, 5.41) is 0. The molecule has 2 heteroatoms. The number of hydrogen-bond donors (Lipinski definition) is 0. The van der Waals surface area contributed by atoms with Crippen LogP contribution in [-0.2, 0) is 20.0 Å². The van der Waals surface area contributed by atoms with E-state index in [-0.39, 0.29) is 0 Å². The first-order valence-corrected chi connectivity index (χ1v) is 11.9. The zero-order chi connectivity index (χ0) is 23.3. The Morgan fingerprint density at radius 3 is 2.12 bits per heavy atom. The van der Waals surface area contributed by atoms with Crippen LogP contribution >= 0.6 is 0 Å². The fraction of sp³-hybridized carbons (Fsp3) is 0.125. The lowest BCUT2D eigenvalue weighted by atomic mass is 9.97. The van der Waals surface area contributed by atoms with Crippen molar-refractivity contribution in [3.63, 3.8) is 0 Å². The number of aromatic nitrogens is 2. The summed E-state index contributed by atoms with van der Waals surface area (Å²) in [6, 6.07) is 39.0. The van der Waals surface area contributed by atoms with Gasteiger partial charge in [-0.2, -0.15) is 4.57 Å². The number of pyridine rings is 2. The van der Waals surface area contributed by atoms with Crippen LogP contribution in [0.3, 0.4) is 0 Å². The normalized spacial score (nSPS) is 10.9. The van der Waals surface area contributed by atoms with Crippen LogP contribution in [-0.4, -0.2) is 0 Å². The first kappa shape index (κ1) is 21.8. The molecular weight excluding hydrogens is 412 g/mol. The molecule has 0 unspecified atom stereocenters. The first-order chi connectivity index (χ1) is 16.7. The zero-order valence-corrected chi connectivity index (χ0v) is 19.9. The molecule has 0 radical (unpaired) electrons. The van der Waals surface area contributed by atoms with Crippen molar-refractivity contribution in [3.8, 4) is 33.6 Å². The van der Waals surface area contributed by atoms with Crippen molar-refractivity contribution in [1.82, 2.24) is 0 Å². The van der Waals surface area contributed by atoms with Gasteiger partial charge in [0.15, 0.2) is 18.9 Å². The summed E-state index contributed by atoms with van der Waals surface area (Å²) in [6.45, 7) is 3.12. The number of hydrogen-bond acceptors (Lipinski definition) is 0. The summed E-state index contributed by atoms with van der Waals surface area (Å²) >= 11 is 0. The summed E-state index contributed by atoms with van der Waals surface area (Å²) in [6.07, 6.45) is 5.28. The Bertz CT molecular complexity index is 1420. The third kappa shape index (κ3) is 4.53. The summed E-state index contributed by atoms with van der Waals surface area (Å²) in [7, 11) is 2.11. The molecule has 166 valence electrons. The zero-order valence-electron chi connectivity index (χ0n) is 19.9. The average Bonchev–Trinajstić information content (AvgIpc) is 2.89. The lowest BCUT2D eigenvalue weighted by Gasteiger charge is -2.11. The number of aryl methyl sites for hydroxylation is 4. The number of rotatable bonds is 6. The van der Waals surface area contributed by atoms with Gasteiger partial charge in [0.25, 0.3) is 0 Å². The van der Waals surface area contributed by atoms with Crippen LogP contribution in [0.5, 0.6) is 0 Å². The molecule has 0 aliphatic heterocycles. The van der Waals surface area contributed by atoms with E-state index in [1.54, 1.807) is 0 Å². The minimum atomic E-state index is 0.915. The standard InChI is InChI=1S/C32H30N2/c1-25-18-19-28(26-12-4-3-5-13-26)24-30(25)32-17-9-11-22-34(32)23-20-27-14-6-7-15-29(27)31-16-8-10-21-33(31)2/h3-19,21-22,24H,20,23H2,1-2H3/q+2. The molecule has 2 heterocycles. The minimum Gasteiger partial charge on any atom is -0.201 e. The van der Waals surface area contributed by atoms with E-state index >= 15 is 0 Å². The summed E-state index contributed by atoms with van der Waals surface area (Å²) in [4.78, 5) is 0. The van der Waals surface area contributed by atoms with Crippen molar-refractivity contribution in [2.75, 3.05) is 0 Å². The van der Waals surface area contributed by atoms with Gasteiger partial charge < -0.3 is 0 Å². The van der Waals surface area contributed by atoms with Gasteiger partial charge >= 0.3 is 0 Å². The quantitative estimate of drug-likeness (QED) is 0.271. The summed E-state index contributed by atoms with van der Waals surface area (Å²) in [5.41, 5.74) is 10.2.